The fourth-order valence-corrected chi connectivity index (χ4v) is 2.83. The van der Waals surface area contributed by atoms with E-state index in [9.17, 15) is 14.7 Å². The Morgan fingerprint density at radius 2 is 1.82 bits per heavy atom. The second kappa shape index (κ2) is 3.76. The zero-order chi connectivity index (χ0) is 12.8. The molecule has 0 aromatic heterocycles. The average molecular weight is 243 g/mol. The van der Waals surface area contributed by atoms with Crippen LogP contribution in [0, 0.1) is 0 Å². The van der Waals surface area contributed by atoms with Gasteiger partial charge in [0.2, 0.25) is 0 Å². The molecular weight excluding hydrogens is 226 g/mol. The molecule has 2 rings (SSSR count). The molecule has 2 fully saturated rings. The van der Waals surface area contributed by atoms with E-state index in [1.807, 2.05) is 13.8 Å². The molecule has 0 saturated carbocycles. The van der Waals surface area contributed by atoms with Crippen LogP contribution >= 0.6 is 0 Å². The van der Waals surface area contributed by atoms with Crippen molar-refractivity contribution in [1.29, 1.82) is 0 Å². The molecule has 0 aromatic carbocycles. The van der Waals surface area contributed by atoms with Gasteiger partial charge in [-0.25, -0.2) is 9.59 Å². The van der Waals surface area contributed by atoms with Gasteiger partial charge in [0.15, 0.2) is 0 Å². The fraction of sp³-hybridized carbons (Fsp3) is 0.800. The summed E-state index contributed by atoms with van der Waals surface area (Å²) in [7, 11) is 0. The van der Waals surface area contributed by atoms with E-state index in [-0.39, 0.29) is 25.2 Å². The Bertz CT molecular complexity index is 353. The van der Waals surface area contributed by atoms with E-state index in [2.05, 4.69) is 5.32 Å². The van der Waals surface area contributed by atoms with E-state index in [0.717, 1.165) is 0 Å². The second-order valence-electron chi connectivity index (χ2n) is 4.87. The summed E-state index contributed by atoms with van der Waals surface area (Å²) in [6.45, 7) is 4.82. The van der Waals surface area contributed by atoms with E-state index in [4.69, 9.17) is 5.11 Å². The molecule has 96 valence electrons. The van der Waals surface area contributed by atoms with Crippen molar-refractivity contribution in [3.05, 3.63) is 0 Å². The van der Waals surface area contributed by atoms with Crippen molar-refractivity contribution in [2.45, 2.75) is 31.5 Å². The van der Waals surface area contributed by atoms with Crippen molar-refractivity contribution < 1.29 is 19.8 Å². The SMILES string of the molecule is CC1NC[C@@H](C)N(C(=O)O)C12CN(C(=O)O)C2. The Hall–Kier alpha value is -1.50. The molecule has 2 aliphatic heterocycles. The van der Waals surface area contributed by atoms with Gasteiger partial charge in [-0.15, -0.1) is 0 Å². The number of amides is 2. The lowest BCUT2D eigenvalue weighted by atomic mass is 9.78. The maximum atomic E-state index is 11.3. The van der Waals surface area contributed by atoms with Crippen LogP contribution in [0.5, 0.6) is 0 Å². The highest BCUT2D eigenvalue weighted by atomic mass is 16.4. The summed E-state index contributed by atoms with van der Waals surface area (Å²) in [4.78, 5) is 24.8. The van der Waals surface area contributed by atoms with Crippen LogP contribution in [0.3, 0.4) is 0 Å². The maximum absolute atomic E-state index is 11.3. The largest absolute Gasteiger partial charge is 0.465 e. The van der Waals surface area contributed by atoms with Crippen LogP contribution in [0.4, 0.5) is 9.59 Å². The van der Waals surface area contributed by atoms with Gasteiger partial charge < -0.3 is 20.4 Å². The topological polar surface area (TPSA) is 93.1 Å². The number of hydrogen-bond donors (Lipinski definition) is 3. The van der Waals surface area contributed by atoms with Crippen molar-refractivity contribution >= 4 is 12.2 Å². The van der Waals surface area contributed by atoms with E-state index in [1.165, 1.54) is 9.80 Å². The van der Waals surface area contributed by atoms with Crippen molar-refractivity contribution in [2.75, 3.05) is 19.6 Å². The highest BCUT2D eigenvalue weighted by molar-refractivity contribution is 5.71. The minimum atomic E-state index is -0.994. The summed E-state index contributed by atoms with van der Waals surface area (Å²) >= 11 is 0. The maximum Gasteiger partial charge on any atom is 0.408 e. The Balaban J connectivity index is 2.22. The summed E-state index contributed by atoms with van der Waals surface area (Å²) in [5.74, 6) is 0. The van der Waals surface area contributed by atoms with E-state index in [1.54, 1.807) is 0 Å². The third kappa shape index (κ3) is 1.61. The second-order valence-corrected chi connectivity index (χ2v) is 4.87. The van der Waals surface area contributed by atoms with Gasteiger partial charge in [0.1, 0.15) is 0 Å². The molecular formula is C10H17N3O4. The van der Waals surface area contributed by atoms with Gasteiger partial charge in [-0.2, -0.15) is 0 Å². The summed E-state index contributed by atoms with van der Waals surface area (Å²) in [6, 6.07) is -0.176. The quantitative estimate of drug-likeness (QED) is 0.560. The number of carboxylic acid groups (broad SMARTS) is 2. The van der Waals surface area contributed by atoms with Crippen LogP contribution in [-0.4, -0.2) is 69.5 Å². The van der Waals surface area contributed by atoms with Crippen LogP contribution in [0.15, 0.2) is 0 Å². The molecule has 2 heterocycles. The van der Waals surface area contributed by atoms with Crippen LogP contribution in [0.1, 0.15) is 13.8 Å². The fourth-order valence-electron chi connectivity index (χ4n) is 2.83. The van der Waals surface area contributed by atoms with Gasteiger partial charge in [0.25, 0.3) is 0 Å². The smallest absolute Gasteiger partial charge is 0.408 e. The van der Waals surface area contributed by atoms with Crippen LogP contribution < -0.4 is 5.32 Å². The van der Waals surface area contributed by atoms with E-state index < -0.39 is 17.7 Å². The number of likely N-dealkylation sites (tertiary alicyclic amines) is 1. The Labute approximate surface area is 99.0 Å². The van der Waals surface area contributed by atoms with Crippen LogP contribution in [0.25, 0.3) is 0 Å². The van der Waals surface area contributed by atoms with Gasteiger partial charge in [-0.05, 0) is 13.8 Å². The molecule has 0 bridgehead atoms. The molecule has 1 unspecified atom stereocenters. The first kappa shape index (κ1) is 12.0. The molecule has 2 amide bonds. The standard InChI is InChI=1S/C10H17N3O4/c1-6-3-11-7(2)10(13(6)9(16)17)4-12(5-10)8(14)15/h6-7,11H,3-5H2,1-2H3,(H,14,15)(H,16,17)/t6-,7?/m1/s1. The predicted molar refractivity (Wildman–Crippen MR) is 59.1 cm³/mol. The molecule has 0 radical (unpaired) electrons. The van der Waals surface area contributed by atoms with Gasteiger partial charge >= 0.3 is 12.2 Å². The molecule has 3 N–H and O–H groups in total. The first-order valence-corrected chi connectivity index (χ1v) is 5.62. The number of rotatable bonds is 0. The Morgan fingerprint density at radius 3 is 2.29 bits per heavy atom. The minimum absolute atomic E-state index is 0.0367. The first-order chi connectivity index (χ1) is 7.88. The summed E-state index contributed by atoms with van der Waals surface area (Å²) < 4.78 is 0. The van der Waals surface area contributed by atoms with Gasteiger partial charge in [-0.3, -0.25) is 4.90 Å². The lowest BCUT2D eigenvalue weighted by Crippen LogP contribution is -2.82. The first-order valence-electron chi connectivity index (χ1n) is 5.62. The third-order valence-electron chi connectivity index (χ3n) is 3.85. The molecule has 17 heavy (non-hydrogen) atoms. The minimum Gasteiger partial charge on any atom is -0.465 e. The zero-order valence-electron chi connectivity index (χ0n) is 9.88. The average Bonchev–Trinajstić information content (AvgIpc) is 2.16. The summed E-state index contributed by atoms with van der Waals surface area (Å²) in [5.41, 5.74) is -0.609. The normalized spacial score (nSPS) is 31.2. The molecule has 7 heteroatoms. The lowest BCUT2D eigenvalue weighted by Gasteiger charge is -2.60. The highest BCUT2D eigenvalue weighted by Gasteiger charge is 2.58. The zero-order valence-corrected chi connectivity index (χ0v) is 9.88. The van der Waals surface area contributed by atoms with Crippen molar-refractivity contribution in [2.24, 2.45) is 0 Å². The number of piperazine rings is 1. The molecule has 7 nitrogen and oxygen atoms in total. The van der Waals surface area contributed by atoms with Crippen LogP contribution in [0.2, 0.25) is 0 Å². The van der Waals surface area contributed by atoms with Crippen molar-refractivity contribution in [1.82, 2.24) is 15.1 Å². The monoisotopic (exact) mass is 243 g/mol. The Kier molecular flexibility index (Phi) is 2.65. The summed E-state index contributed by atoms with van der Waals surface area (Å²) in [6.07, 6.45) is -1.97. The third-order valence-corrected chi connectivity index (χ3v) is 3.85. The molecule has 0 aromatic rings. The van der Waals surface area contributed by atoms with Gasteiger partial charge in [0.05, 0.1) is 18.6 Å². The van der Waals surface area contributed by atoms with E-state index in [0.29, 0.717) is 6.54 Å². The number of nitrogens with zero attached hydrogens (tertiary/aromatic N) is 2. The summed E-state index contributed by atoms with van der Waals surface area (Å²) in [5, 5.41) is 21.4. The molecule has 2 atom stereocenters. The van der Waals surface area contributed by atoms with Crippen LogP contribution in [-0.2, 0) is 0 Å². The number of hydrogen-bond acceptors (Lipinski definition) is 3. The lowest BCUT2D eigenvalue weighted by molar-refractivity contribution is -0.0836. The van der Waals surface area contributed by atoms with Crippen molar-refractivity contribution in [3.63, 3.8) is 0 Å². The van der Waals surface area contributed by atoms with E-state index >= 15 is 0 Å². The molecule has 2 aliphatic rings. The predicted octanol–water partition coefficient (Wildman–Crippen LogP) is 0.0790. The highest BCUT2D eigenvalue weighted by Crippen LogP contribution is 2.35. The number of carbonyl (C=O) groups is 2. The van der Waals surface area contributed by atoms with Gasteiger partial charge in [-0.1, -0.05) is 0 Å². The van der Waals surface area contributed by atoms with Crippen molar-refractivity contribution in [3.8, 4) is 0 Å². The Morgan fingerprint density at radius 1 is 1.24 bits per heavy atom. The number of nitrogens with one attached hydrogen (secondary N) is 1. The molecule has 2 saturated heterocycles. The molecule has 0 aliphatic carbocycles. The van der Waals surface area contributed by atoms with Gasteiger partial charge in [0, 0.05) is 18.6 Å². The molecule has 1 spiro atoms.